The molecule has 4 nitrogen and oxygen atoms in total. The highest BCUT2D eigenvalue weighted by atomic mass is 79.9. The van der Waals surface area contributed by atoms with E-state index in [0.717, 1.165) is 10.2 Å². The van der Waals surface area contributed by atoms with E-state index in [1.165, 1.54) is 0 Å². The fourth-order valence-electron chi connectivity index (χ4n) is 1.59. The van der Waals surface area contributed by atoms with E-state index < -0.39 is 0 Å². The van der Waals surface area contributed by atoms with E-state index in [9.17, 15) is 5.11 Å². The molecule has 2 aromatic heterocycles. The maximum atomic E-state index is 9.83. The minimum Gasteiger partial charge on any atom is -0.492 e. The molecule has 0 aromatic carbocycles. The number of aromatic nitrogens is 2. The summed E-state index contributed by atoms with van der Waals surface area (Å²) in [5.41, 5.74) is 1.34. The molecule has 0 aliphatic heterocycles. The molecule has 5 heteroatoms. The van der Waals surface area contributed by atoms with Gasteiger partial charge >= 0.3 is 0 Å². The lowest BCUT2D eigenvalue weighted by Crippen LogP contribution is -2.05. The molecule has 0 bridgehead atoms. The molecule has 2 heterocycles. The van der Waals surface area contributed by atoms with Gasteiger partial charge in [0.2, 0.25) is 5.88 Å². The predicted octanol–water partition coefficient (Wildman–Crippen LogP) is 2.90. The normalized spacial score (nSPS) is 11.3. The monoisotopic (exact) mass is 284 g/mol. The second-order valence-corrected chi connectivity index (χ2v) is 4.79. The number of hydrogen-bond donors (Lipinski definition) is 1. The highest BCUT2D eigenvalue weighted by molar-refractivity contribution is 9.10. The third kappa shape index (κ3) is 1.87. The summed E-state index contributed by atoms with van der Waals surface area (Å²) >= 11 is 3.41. The highest BCUT2D eigenvalue weighted by Gasteiger charge is 2.16. The summed E-state index contributed by atoms with van der Waals surface area (Å²) in [5.74, 6) is 0.612. The van der Waals surface area contributed by atoms with E-state index in [4.69, 9.17) is 4.74 Å². The van der Waals surface area contributed by atoms with Crippen LogP contribution in [0.4, 0.5) is 0 Å². The van der Waals surface area contributed by atoms with Gasteiger partial charge in [-0.05, 0) is 36.7 Å². The molecule has 0 saturated heterocycles. The molecule has 2 aromatic rings. The summed E-state index contributed by atoms with van der Waals surface area (Å²) in [6, 6.07) is 0. The summed E-state index contributed by atoms with van der Waals surface area (Å²) < 4.78 is 8.27. The van der Waals surface area contributed by atoms with Gasteiger partial charge in [0.1, 0.15) is 0 Å². The number of ether oxygens (including phenoxy) is 1. The topological polar surface area (TPSA) is 46.8 Å². The van der Waals surface area contributed by atoms with E-state index in [1.807, 2.05) is 33.2 Å². The minimum absolute atomic E-state index is 0.0126. The Kier molecular flexibility index (Phi) is 2.80. The zero-order valence-corrected chi connectivity index (χ0v) is 10.9. The molecule has 0 spiro atoms. The van der Waals surface area contributed by atoms with E-state index in [2.05, 4.69) is 20.9 Å². The largest absolute Gasteiger partial charge is 0.492 e. The number of aromatic hydroxyl groups is 1. The Labute approximate surface area is 102 Å². The van der Waals surface area contributed by atoms with Crippen LogP contribution >= 0.6 is 15.9 Å². The van der Waals surface area contributed by atoms with Crippen molar-refractivity contribution in [1.82, 2.24) is 9.38 Å². The van der Waals surface area contributed by atoms with Gasteiger partial charge in [0.05, 0.1) is 16.3 Å². The number of halogens is 1. The number of aryl methyl sites for hydroxylation is 1. The third-order valence-electron chi connectivity index (χ3n) is 2.12. The van der Waals surface area contributed by atoms with Crippen molar-refractivity contribution in [3.05, 3.63) is 22.6 Å². The molecule has 0 radical (unpaired) electrons. The van der Waals surface area contributed by atoms with E-state index in [0.29, 0.717) is 11.3 Å². The van der Waals surface area contributed by atoms with Crippen LogP contribution in [0.1, 0.15) is 19.5 Å². The molecule has 86 valence electrons. The first-order valence-electron chi connectivity index (χ1n) is 5.02. The average Bonchev–Trinajstić information content (AvgIpc) is 2.41. The standard InChI is InChI=1S/C11H13BrN2O2/c1-6(2)16-10-8(12)5-14-4-7(3)13-11(15)9(10)14/h4-6H,1-3H3,(H,13,15). The zero-order valence-electron chi connectivity index (χ0n) is 9.36. The number of fused-ring (bicyclic) bond motifs is 1. The first-order chi connectivity index (χ1) is 7.49. The molecule has 0 saturated carbocycles. The van der Waals surface area contributed by atoms with Gasteiger partial charge in [-0.15, -0.1) is 0 Å². The van der Waals surface area contributed by atoms with E-state index in [1.54, 1.807) is 4.40 Å². The Balaban J connectivity index is 2.68. The van der Waals surface area contributed by atoms with Crippen LogP contribution < -0.4 is 4.74 Å². The number of hydrogen-bond acceptors (Lipinski definition) is 3. The Morgan fingerprint density at radius 1 is 1.44 bits per heavy atom. The molecule has 0 fully saturated rings. The predicted molar refractivity (Wildman–Crippen MR) is 65.1 cm³/mol. The quantitative estimate of drug-likeness (QED) is 0.922. The maximum absolute atomic E-state index is 9.83. The van der Waals surface area contributed by atoms with Crippen LogP contribution in [0.2, 0.25) is 0 Å². The van der Waals surface area contributed by atoms with Crippen molar-refractivity contribution < 1.29 is 9.84 Å². The second-order valence-electron chi connectivity index (χ2n) is 3.93. The molecule has 0 amide bonds. The average molecular weight is 285 g/mol. The maximum Gasteiger partial charge on any atom is 0.240 e. The van der Waals surface area contributed by atoms with Crippen LogP contribution in [0.15, 0.2) is 16.9 Å². The van der Waals surface area contributed by atoms with Crippen LogP contribution in [-0.2, 0) is 0 Å². The van der Waals surface area contributed by atoms with Crippen molar-refractivity contribution >= 4 is 21.4 Å². The Hall–Kier alpha value is -1.23. The molecule has 0 atom stereocenters. The molecule has 0 unspecified atom stereocenters. The van der Waals surface area contributed by atoms with Gasteiger partial charge in [0.25, 0.3) is 0 Å². The summed E-state index contributed by atoms with van der Waals surface area (Å²) in [6.07, 6.45) is 3.73. The molecular formula is C11H13BrN2O2. The Morgan fingerprint density at radius 3 is 2.75 bits per heavy atom. The first-order valence-corrected chi connectivity index (χ1v) is 5.81. The van der Waals surface area contributed by atoms with Crippen molar-refractivity contribution in [1.29, 1.82) is 0 Å². The fraction of sp³-hybridized carbons (Fsp3) is 0.364. The van der Waals surface area contributed by atoms with Crippen molar-refractivity contribution in [3.8, 4) is 11.6 Å². The van der Waals surface area contributed by atoms with Crippen molar-refractivity contribution in [2.45, 2.75) is 26.9 Å². The van der Waals surface area contributed by atoms with Crippen LogP contribution in [-0.4, -0.2) is 20.6 Å². The van der Waals surface area contributed by atoms with Crippen LogP contribution in [0.25, 0.3) is 5.52 Å². The molecule has 2 rings (SSSR count). The smallest absolute Gasteiger partial charge is 0.240 e. The first kappa shape index (κ1) is 11.3. The van der Waals surface area contributed by atoms with E-state index in [-0.39, 0.29) is 12.0 Å². The van der Waals surface area contributed by atoms with Gasteiger partial charge in [-0.1, -0.05) is 0 Å². The number of nitrogens with zero attached hydrogens (tertiary/aromatic N) is 2. The van der Waals surface area contributed by atoms with Crippen LogP contribution in [0.5, 0.6) is 11.6 Å². The lowest BCUT2D eigenvalue weighted by Gasteiger charge is -2.09. The van der Waals surface area contributed by atoms with Crippen LogP contribution in [0, 0.1) is 6.92 Å². The molecular weight excluding hydrogens is 272 g/mol. The van der Waals surface area contributed by atoms with Gasteiger partial charge in [0.15, 0.2) is 11.3 Å². The van der Waals surface area contributed by atoms with Crippen molar-refractivity contribution in [3.63, 3.8) is 0 Å². The molecule has 0 aliphatic rings. The fourth-order valence-corrected chi connectivity index (χ4v) is 2.09. The lowest BCUT2D eigenvalue weighted by molar-refractivity contribution is 0.243. The lowest BCUT2D eigenvalue weighted by atomic mass is 10.4. The summed E-state index contributed by atoms with van der Waals surface area (Å²) in [5, 5.41) is 9.83. The zero-order chi connectivity index (χ0) is 11.9. The van der Waals surface area contributed by atoms with Crippen molar-refractivity contribution in [2.24, 2.45) is 0 Å². The molecule has 16 heavy (non-hydrogen) atoms. The van der Waals surface area contributed by atoms with Gasteiger partial charge in [-0.3, -0.25) is 0 Å². The summed E-state index contributed by atoms with van der Waals surface area (Å²) in [7, 11) is 0. The molecule has 1 N–H and O–H groups in total. The highest BCUT2D eigenvalue weighted by Crippen LogP contribution is 2.36. The summed E-state index contributed by atoms with van der Waals surface area (Å²) in [4.78, 5) is 4.02. The number of rotatable bonds is 2. The minimum atomic E-state index is -0.0126. The van der Waals surface area contributed by atoms with Gasteiger partial charge in [0, 0.05) is 12.4 Å². The van der Waals surface area contributed by atoms with E-state index >= 15 is 0 Å². The van der Waals surface area contributed by atoms with Gasteiger partial charge < -0.3 is 14.2 Å². The van der Waals surface area contributed by atoms with Crippen molar-refractivity contribution in [2.75, 3.05) is 0 Å². The Bertz CT molecular complexity index is 534. The van der Waals surface area contributed by atoms with Crippen LogP contribution in [0.3, 0.4) is 0 Å². The molecule has 0 aliphatic carbocycles. The van der Waals surface area contributed by atoms with Gasteiger partial charge in [-0.25, -0.2) is 4.98 Å². The second kappa shape index (κ2) is 3.97. The Morgan fingerprint density at radius 2 is 2.12 bits per heavy atom. The third-order valence-corrected chi connectivity index (χ3v) is 2.68. The summed E-state index contributed by atoms with van der Waals surface area (Å²) in [6.45, 7) is 5.71. The van der Waals surface area contributed by atoms with Gasteiger partial charge in [-0.2, -0.15) is 0 Å². The SMILES string of the molecule is Cc1cn2cc(Br)c(OC(C)C)c2c(O)n1.